The Morgan fingerprint density at radius 2 is 1.78 bits per heavy atom. The van der Waals surface area contributed by atoms with E-state index in [0.717, 1.165) is 49.2 Å². The van der Waals surface area contributed by atoms with Gasteiger partial charge >= 0.3 is 6.03 Å². The highest BCUT2D eigenvalue weighted by Crippen LogP contribution is 2.35. The molecule has 2 unspecified atom stereocenters. The molecule has 0 saturated carbocycles. The third-order valence-electron chi connectivity index (χ3n) is 6.57. The molecule has 3 aromatic rings. The van der Waals surface area contributed by atoms with E-state index in [1.165, 1.54) is 16.8 Å². The van der Waals surface area contributed by atoms with Crippen LogP contribution in [0.2, 0.25) is 0 Å². The Bertz CT molecular complexity index is 1100. The molecule has 0 fully saturated rings. The van der Waals surface area contributed by atoms with Crippen LogP contribution in [0.5, 0.6) is 0 Å². The Morgan fingerprint density at radius 1 is 0.969 bits per heavy atom. The number of carbonyl (C=O) groups excluding carboxylic acids is 1. The molecule has 3 N–H and O–H groups in total. The van der Waals surface area contributed by atoms with Crippen molar-refractivity contribution in [3.8, 4) is 0 Å². The largest absolute Gasteiger partial charge is 0.393 e. The molecule has 5 heteroatoms. The second kappa shape index (κ2) is 9.05. The van der Waals surface area contributed by atoms with Gasteiger partial charge in [-0.3, -0.25) is 0 Å². The summed E-state index contributed by atoms with van der Waals surface area (Å²) in [5, 5.41) is 16.3. The van der Waals surface area contributed by atoms with Crippen LogP contribution in [0.4, 0.5) is 16.2 Å². The van der Waals surface area contributed by atoms with Gasteiger partial charge in [-0.2, -0.15) is 0 Å². The number of carbonyl (C=O) groups is 1. The van der Waals surface area contributed by atoms with Gasteiger partial charge in [0, 0.05) is 30.9 Å². The predicted molar refractivity (Wildman–Crippen MR) is 128 cm³/mol. The number of aliphatic hydroxyl groups is 1. The lowest BCUT2D eigenvalue weighted by atomic mass is 9.88. The van der Waals surface area contributed by atoms with Crippen molar-refractivity contribution in [1.29, 1.82) is 0 Å². The van der Waals surface area contributed by atoms with E-state index >= 15 is 0 Å². The summed E-state index contributed by atoms with van der Waals surface area (Å²) in [4.78, 5) is 15.3. The number of amides is 2. The van der Waals surface area contributed by atoms with Crippen molar-refractivity contribution in [1.82, 2.24) is 5.32 Å². The number of hydrogen-bond acceptors (Lipinski definition) is 3. The Hall–Kier alpha value is -3.31. The van der Waals surface area contributed by atoms with E-state index in [2.05, 4.69) is 64.1 Å². The summed E-state index contributed by atoms with van der Waals surface area (Å²) >= 11 is 0. The molecule has 32 heavy (non-hydrogen) atoms. The first-order valence-electron chi connectivity index (χ1n) is 11.4. The Morgan fingerprint density at radius 3 is 2.66 bits per heavy atom. The van der Waals surface area contributed by atoms with Gasteiger partial charge in [0.2, 0.25) is 0 Å². The first-order valence-corrected chi connectivity index (χ1v) is 11.4. The molecule has 1 heterocycles. The van der Waals surface area contributed by atoms with E-state index in [9.17, 15) is 9.90 Å². The average molecular weight is 428 g/mol. The molecule has 2 atom stereocenters. The molecule has 5 nitrogen and oxygen atoms in total. The molecule has 2 aliphatic rings. The first kappa shape index (κ1) is 20.6. The smallest absolute Gasteiger partial charge is 0.319 e. The van der Waals surface area contributed by atoms with E-state index < -0.39 is 0 Å². The highest BCUT2D eigenvalue weighted by molar-refractivity contribution is 5.91. The van der Waals surface area contributed by atoms with Crippen molar-refractivity contribution in [3.05, 3.63) is 95.1 Å². The number of para-hydroxylation sites is 1. The maximum absolute atomic E-state index is 12.9. The van der Waals surface area contributed by atoms with Gasteiger partial charge in [0.05, 0.1) is 12.1 Å². The van der Waals surface area contributed by atoms with Gasteiger partial charge in [0.1, 0.15) is 0 Å². The number of benzene rings is 3. The van der Waals surface area contributed by atoms with Crippen LogP contribution in [0.15, 0.2) is 72.8 Å². The zero-order chi connectivity index (χ0) is 21.9. The zero-order valence-corrected chi connectivity index (χ0v) is 18.1. The number of urea groups is 1. The number of rotatable bonds is 4. The molecular weight excluding hydrogens is 398 g/mol. The highest BCUT2D eigenvalue weighted by atomic mass is 16.3. The van der Waals surface area contributed by atoms with Crippen molar-refractivity contribution in [2.24, 2.45) is 0 Å². The minimum absolute atomic E-state index is 0.0386. The van der Waals surface area contributed by atoms with Gasteiger partial charge in [-0.25, -0.2) is 4.79 Å². The number of anilines is 2. The van der Waals surface area contributed by atoms with Crippen LogP contribution in [0.25, 0.3) is 0 Å². The number of aliphatic hydroxyl groups excluding tert-OH is 1. The summed E-state index contributed by atoms with van der Waals surface area (Å²) in [7, 11) is 0. The van der Waals surface area contributed by atoms with Gasteiger partial charge < -0.3 is 20.6 Å². The SMILES string of the molecule is O=C(Nc1cccc2c1CC(O)CC2)NC1CCN(Cc2ccccc2)c2ccccc21. The molecule has 5 rings (SSSR count). The van der Waals surface area contributed by atoms with E-state index in [4.69, 9.17) is 0 Å². The molecule has 164 valence electrons. The molecule has 3 aromatic carbocycles. The lowest BCUT2D eigenvalue weighted by molar-refractivity contribution is 0.159. The summed E-state index contributed by atoms with van der Waals surface area (Å²) in [6, 6.07) is 24.6. The number of nitrogens with one attached hydrogen (secondary N) is 2. The van der Waals surface area contributed by atoms with Crippen molar-refractivity contribution < 1.29 is 9.90 Å². The van der Waals surface area contributed by atoms with E-state index in [0.29, 0.717) is 6.42 Å². The summed E-state index contributed by atoms with van der Waals surface area (Å²) in [5.74, 6) is 0. The topological polar surface area (TPSA) is 64.6 Å². The monoisotopic (exact) mass is 427 g/mol. The molecule has 0 saturated heterocycles. The third-order valence-corrected chi connectivity index (χ3v) is 6.57. The average Bonchev–Trinajstić information content (AvgIpc) is 2.82. The first-order chi connectivity index (χ1) is 15.7. The van der Waals surface area contributed by atoms with Crippen LogP contribution in [0.3, 0.4) is 0 Å². The second-order valence-electron chi connectivity index (χ2n) is 8.75. The molecule has 1 aliphatic heterocycles. The van der Waals surface area contributed by atoms with Crippen molar-refractivity contribution >= 4 is 17.4 Å². The molecule has 2 amide bonds. The predicted octanol–water partition coefficient (Wildman–Crippen LogP) is 4.81. The van der Waals surface area contributed by atoms with E-state index in [-0.39, 0.29) is 18.2 Å². The maximum atomic E-state index is 12.9. The molecular formula is C27H29N3O2. The van der Waals surface area contributed by atoms with Crippen LogP contribution >= 0.6 is 0 Å². The zero-order valence-electron chi connectivity index (χ0n) is 18.1. The fraction of sp³-hybridized carbons (Fsp3) is 0.296. The number of aryl methyl sites for hydroxylation is 1. The van der Waals surface area contributed by atoms with Crippen LogP contribution < -0.4 is 15.5 Å². The molecule has 0 radical (unpaired) electrons. The summed E-state index contributed by atoms with van der Waals surface area (Å²) in [6.07, 6.45) is 2.73. The fourth-order valence-corrected chi connectivity index (χ4v) is 4.95. The van der Waals surface area contributed by atoms with Crippen molar-refractivity contribution in [3.63, 3.8) is 0 Å². The van der Waals surface area contributed by atoms with Crippen LogP contribution in [-0.2, 0) is 19.4 Å². The van der Waals surface area contributed by atoms with E-state index in [1.54, 1.807) is 0 Å². The Labute approximate surface area is 189 Å². The van der Waals surface area contributed by atoms with Gasteiger partial charge in [0.25, 0.3) is 0 Å². The molecule has 0 aromatic heterocycles. The Kier molecular flexibility index (Phi) is 5.82. The standard InChI is InChI=1S/C27H29N3O2/c31-21-14-13-20-9-6-11-24(23(20)17-21)28-27(32)29-25-15-16-30(18-19-7-2-1-3-8-19)26-12-5-4-10-22(25)26/h1-12,21,25,31H,13-18H2,(H2,28,29,32). The normalized spacial score (nSPS) is 19.6. The fourth-order valence-electron chi connectivity index (χ4n) is 4.95. The maximum Gasteiger partial charge on any atom is 0.319 e. The molecule has 0 bridgehead atoms. The van der Waals surface area contributed by atoms with Crippen molar-refractivity contribution in [2.75, 3.05) is 16.8 Å². The van der Waals surface area contributed by atoms with Gasteiger partial charge in [-0.1, -0.05) is 60.7 Å². The second-order valence-corrected chi connectivity index (χ2v) is 8.75. The van der Waals surface area contributed by atoms with Crippen LogP contribution in [0.1, 0.15) is 41.1 Å². The van der Waals surface area contributed by atoms with Crippen molar-refractivity contribution in [2.45, 2.75) is 44.4 Å². The number of fused-ring (bicyclic) bond motifs is 2. The highest BCUT2D eigenvalue weighted by Gasteiger charge is 2.27. The molecule has 1 aliphatic carbocycles. The van der Waals surface area contributed by atoms with Gasteiger partial charge in [0.15, 0.2) is 0 Å². The summed E-state index contributed by atoms with van der Waals surface area (Å²) in [5.41, 5.74) is 6.67. The molecule has 0 spiro atoms. The lowest BCUT2D eigenvalue weighted by Gasteiger charge is -2.36. The minimum Gasteiger partial charge on any atom is -0.393 e. The van der Waals surface area contributed by atoms with Gasteiger partial charge in [-0.05, 0) is 53.6 Å². The quantitative estimate of drug-likeness (QED) is 0.560. The van der Waals surface area contributed by atoms with Crippen LogP contribution in [0, 0.1) is 0 Å². The Balaban J connectivity index is 1.30. The van der Waals surface area contributed by atoms with Crippen LogP contribution in [-0.4, -0.2) is 23.8 Å². The number of nitrogens with zero attached hydrogens (tertiary/aromatic N) is 1. The summed E-state index contributed by atoms with van der Waals surface area (Å²) in [6.45, 7) is 1.74. The summed E-state index contributed by atoms with van der Waals surface area (Å²) < 4.78 is 0. The number of hydrogen-bond donors (Lipinski definition) is 3. The minimum atomic E-state index is -0.339. The third kappa shape index (κ3) is 4.34. The lowest BCUT2D eigenvalue weighted by Crippen LogP contribution is -2.39. The van der Waals surface area contributed by atoms with E-state index in [1.807, 2.05) is 24.3 Å². The van der Waals surface area contributed by atoms with Gasteiger partial charge in [-0.15, -0.1) is 0 Å².